The van der Waals surface area contributed by atoms with Crippen molar-refractivity contribution in [3.05, 3.63) is 46.6 Å². The van der Waals surface area contributed by atoms with Crippen LogP contribution in [0.1, 0.15) is 20.9 Å². The zero-order chi connectivity index (χ0) is 18.8. The topological polar surface area (TPSA) is 79.4 Å². The Bertz CT molecular complexity index is 859. The van der Waals surface area contributed by atoms with Crippen LogP contribution in [-0.4, -0.2) is 37.7 Å². The summed E-state index contributed by atoms with van der Waals surface area (Å²) in [5.41, 5.74) is -1.11. The molecule has 0 aliphatic carbocycles. The molecule has 1 N–H and O–H groups in total. The molecule has 0 radical (unpaired) electrons. The number of halogens is 3. The first kappa shape index (κ1) is 19.3. The highest BCUT2D eigenvalue weighted by Gasteiger charge is 2.32. The number of nitrogens with zero attached hydrogens (tertiary/aromatic N) is 2. The highest BCUT2D eigenvalue weighted by atomic mass is 32.2. The Balaban J connectivity index is 2.02. The van der Waals surface area contributed by atoms with Crippen molar-refractivity contribution in [1.82, 2.24) is 14.6 Å². The van der Waals surface area contributed by atoms with Crippen molar-refractivity contribution < 1.29 is 26.4 Å². The summed E-state index contributed by atoms with van der Waals surface area (Å²) in [6.07, 6.45) is -3.73. The van der Waals surface area contributed by atoms with Crippen LogP contribution in [0.15, 0.2) is 34.7 Å². The maximum atomic E-state index is 12.4. The standard InChI is InChI=1S/C14H14F3N3O3S2/c1-20(2)25(22,23)12-6-4-10(24-12)8-19-13(21)9-3-5-11(18-7-9)14(15,16)17/h3-7H,8H2,1-2H3,(H,19,21). The first-order valence-corrected chi connectivity index (χ1v) is 9.10. The Hall–Kier alpha value is -1.98. The van der Waals surface area contributed by atoms with E-state index in [2.05, 4.69) is 10.3 Å². The summed E-state index contributed by atoms with van der Waals surface area (Å²) in [6.45, 7) is 0.0491. The lowest BCUT2D eigenvalue weighted by molar-refractivity contribution is -0.141. The second-order valence-electron chi connectivity index (χ2n) is 5.12. The van der Waals surface area contributed by atoms with E-state index in [0.29, 0.717) is 4.88 Å². The minimum Gasteiger partial charge on any atom is -0.347 e. The lowest BCUT2D eigenvalue weighted by Gasteiger charge is -2.08. The second-order valence-corrected chi connectivity index (χ2v) is 8.67. The zero-order valence-electron chi connectivity index (χ0n) is 13.2. The summed E-state index contributed by atoms with van der Waals surface area (Å²) in [4.78, 5) is 15.7. The summed E-state index contributed by atoms with van der Waals surface area (Å²) in [5, 5.41) is 2.51. The van der Waals surface area contributed by atoms with Gasteiger partial charge in [0, 0.05) is 25.2 Å². The van der Waals surface area contributed by atoms with E-state index < -0.39 is 27.8 Å². The molecule has 0 saturated carbocycles. The average Bonchev–Trinajstić information content (AvgIpc) is 3.01. The number of thiophene rings is 1. The highest BCUT2D eigenvalue weighted by Crippen LogP contribution is 2.27. The lowest BCUT2D eigenvalue weighted by atomic mass is 10.2. The van der Waals surface area contributed by atoms with Gasteiger partial charge in [0.05, 0.1) is 12.1 Å². The molecule has 6 nitrogen and oxygen atoms in total. The van der Waals surface area contributed by atoms with E-state index in [-0.39, 0.29) is 16.3 Å². The Morgan fingerprint density at radius 3 is 2.44 bits per heavy atom. The predicted molar refractivity (Wildman–Crippen MR) is 85.6 cm³/mol. The molecule has 1 amide bonds. The molecule has 25 heavy (non-hydrogen) atoms. The van der Waals surface area contributed by atoms with Crippen LogP contribution < -0.4 is 5.32 Å². The van der Waals surface area contributed by atoms with Crippen LogP contribution in [0, 0.1) is 0 Å². The van der Waals surface area contributed by atoms with E-state index in [9.17, 15) is 26.4 Å². The number of rotatable bonds is 5. The van der Waals surface area contributed by atoms with Crippen LogP contribution in [0.2, 0.25) is 0 Å². The number of pyridine rings is 1. The second kappa shape index (κ2) is 7.10. The van der Waals surface area contributed by atoms with Gasteiger partial charge in [-0.05, 0) is 24.3 Å². The lowest BCUT2D eigenvalue weighted by Crippen LogP contribution is -2.23. The molecule has 0 spiro atoms. The molecule has 0 saturated heterocycles. The first-order chi connectivity index (χ1) is 11.5. The van der Waals surface area contributed by atoms with E-state index in [4.69, 9.17) is 0 Å². The highest BCUT2D eigenvalue weighted by molar-refractivity contribution is 7.91. The largest absolute Gasteiger partial charge is 0.433 e. The molecule has 0 aliphatic rings. The number of sulfonamides is 1. The summed E-state index contributed by atoms with van der Waals surface area (Å²) >= 11 is 1.00. The molecule has 2 aromatic rings. The van der Waals surface area contributed by atoms with Crippen molar-refractivity contribution in [2.24, 2.45) is 0 Å². The van der Waals surface area contributed by atoms with Gasteiger partial charge in [0.1, 0.15) is 9.90 Å². The number of alkyl halides is 3. The number of aromatic nitrogens is 1. The Labute approximate surface area is 146 Å². The van der Waals surface area contributed by atoms with Gasteiger partial charge in [0.2, 0.25) is 0 Å². The van der Waals surface area contributed by atoms with Gasteiger partial charge in [-0.25, -0.2) is 12.7 Å². The van der Waals surface area contributed by atoms with Crippen LogP contribution in [-0.2, 0) is 22.7 Å². The van der Waals surface area contributed by atoms with E-state index in [1.165, 1.54) is 20.2 Å². The number of hydrogen-bond acceptors (Lipinski definition) is 5. The summed E-state index contributed by atoms with van der Waals surface area (Å²) in [6, 6.07) is 4.75. The zero-order valence-corrected chi connectivity index (χ0v) is 14.8. The Kier molecular flexibility index (Phi) is 5.49. The minimum absolute atomic E-state index is 0.0225. The number of amides is 1. The van der Waals surface area contributed by atoms with Crippen LogP contribution >= 0.6 is 11.3 Å². The number of carbonyl (C=O) groups is 1. The maximum absolute atomic E-state index is 12.4. The van der Waals surface area contributed by atoms with Gasteiger partial charge < -0.3 is 5.32 Å². The fourth-order valence-electron chi connectivity index (χ4n) is 1.74. The molecule has 0 atom stereocenters. The molecule has 11 heteroatoms. The molecular formula is C14H14F3N3O3S2. The quantitative estimate of drug-likeness (QED) is 0.846. The van der Waals surface area contributed by atoms with E-state index >= 15 is 0 Å². The fraction of sp³-hybridized carbons (Fsp3) is 0.286. The van der Waals surface area contributed by atoms with Gasteiger partial charge in [0.25, 0.3) is 15.9 Å². The molecular weight excluding hydrogens is 379 g/mol. The molecule has 136 valence electrons. The van der Waals surface area contributed by atoms with Crippen molar-refractivity contribution in [3.8, 4) is 0 Å². The van der Waals surface area contributed by atoms with E-state index in [1.807, 2.05) is 0 Å². The third-order valence-corrected chi connectivity index (χ3v) is 6.48. The fourth-order valence-corrected chi connectivity index (χ4v) is 4.20. The van der Waals surface area contributed by atoms with Crippen LogP contribution in [0.3, 0.4) is 0 Å². The van der Waals surface area contributed by atoms with Gasteiger partial charge in [-0.1, -0.05) is 0 Å². The van der Waals surface area contributed by atoms with Crippen molar-refractivity contribution in [3.63, 3.8) is 0 Å². The molecule has 2 heterocycles. The molecule has 0 fully saturated rings. The molecule has 0 aliphatic heterocycles. The number of carbonyl (C=O) groups excluding carboxylic acids is 1. The van der Waals surface area contributed by atoms with Gasteiger partial charge in [0.15, 0.2) is 0 Å². The van der Waals surface area contributed by atoms with Gasteiger partial charge in [-0.3, -0.25) is 9.78 Å². The van der Waals surface area contributed by atoms with Crippen molar-refractivity contribution in [2.75, 3.05) is 14.1 Å². The van der Waals surface area contributed by atoms with Crippen molar-refractivity contribution in [2.45, 2.75) is 16.9 Å². The SMILES string of the molecule is CN(C)S(=O)(=O)c1ccc(CNC(=O)c2ccc(C(F)(F)F)nc2)s1. The average molecular weight is 393 g/mol. The van der Waals surface area contributed by atoms with Crippen LogP contribution in [0.25, 0.3) is 0 Å². The summed E-state index contributed by atoms with van der Waals surface area (Å²) < 4.78 is 62.4. The summed E-state index contributed by atoms with van der Waals surface area (Å²) in [5.74, 6) is -0.605. The smallest absolute Gasteiger partial charge is 0.347 e. The van der Waals surface area contributed by atoms with Gasteiger partial charge in [-0.2, -0.15) is 13.2 Å². The van der Waals surface area contributed by atoms with Crippen molar-refractivity contribution >= 4 is 27.3 Å². The van der Waals surface area contributed by atoms with Crippen molar-refractivity contribution in [1.29, 1.82) is 0 Å². The number of nitrogens with one attached hydrogen (secondary N) is 1. The van der Waals surface area contributed by atoms with Crippen LogP contribution in [0.4, 0.5) is 13.2 Å². The Morgan fingerprint density at radius 2 is 1.92 bits per heavy atom. The van der Waals surface area contributed by atoms with Gasteiger partial charge >= 0.3 is 6.18 Å². The maximum Gasteiger partial charge on any atom is 0.433 e. The molecule has 0 bridgehead atoms. The van der Waals surface area contributed by atoms with Gasteiger partial charge in [-0.15, -0.1) is 11.3 Å². The normalized spacial score (nSPS) is 12.4. The van der Waals surface area contributed by atoms with E-state index in [0.717, 1.165) is 34.0 Å². The first-order valence-electron chi connectivity index (χ1n) is 6.84. The molecule has 0 unspecified atom stereocenters. The minimum atomic E-state index is -4.57. The molecule has 0 aromatic carbocycles. The molecule has 2 rings (SSSR count). The monoisotopic (exact) mass is 393 g/mol. The van der Waals surface area contributed by atoms with E-state index in [1.54, 1.807) is 6.07 Å². The predicted octanol–water partition coefficient (Wildman–Crippen LogP) is 2.34. The number of hydrogen-bond donors (Lipinski definition) is 1. The third kappa shape index (κ3) is 4.55. The Morgan fingerprint density at radius 1 is 1.24 bits per heavy atom. The third-order valence-electron chi connectivity index (χ3n) is 3.11. The van der Waals surface area contributed by atoms with Crippen LogP contribution in [0.5, 0.6) is 0 Å². The summed E-state index contributed by atoms with van der Waals surface area (Å²) in [7, 11) is -0.721. The molecule has 2 aromatic heterocycles.